The Kier molecular flexibility index (Phi) is 8.89. The van der Waals surface area contributed by atoms with Crippen LogP contribution in [0.5, 0.6) is 0 Å². The van der Waals surface area contributed by atoms with Gasteiger partial charge in [-0.15, -0.1) is 11.8 Å². The lowest BCUT2D eigenvalue weighted by atomic mass is 10.2. The van der Waals surface area contributed by atoms with E-state index in [1.54, 1.807) is 18.9 Å². The van der Waals surface area contributed by atoms with Crippen LogP contribution >= 0.6 is 11.8 Å². The molecule has 0 amide bonds. The molecule has 5 heteroatoms. The Hall–Kier alpha value is -0.590. The molecule has 2 N–H and O–H groups in total. The molecule has 0 bridgehead atoms. The average Bonchev–Trinajstić information content (AvgIpc) is 2.44. The highest BCUT2D eigenvalue weighted by atomic mass is 32.2. The highest BCUT2D eigenvalue weighted by Crippen LogP contribution is 2.20. The van der Waals surface area contributed by atoms with Crippen LogP contribution in [0.15, 0.2) is 29.2 Å². The fourth-order valence-corrected chi connectivity index (χ4v) is 2.64. The number of hydrogen-bond acceptors (Lipinski definition) is 5. The van der Waals surface area contributed by atoms with E-state index < -0.39 is 6.10 Å². The largest absolute Gasteiger partial charge is 0.390 e. The first-order valence-electron chi connectivity index (χ1n) is 6.80. The maximum atomic E-state index is 9.90. The van der Waals surface area contributed by atoms with Crippen LogP contribution in [0.3, 0.4) is 0 Å². The van der Waals surface area contributed by atoms with Crippen LogP contribution in [-0.4, -0.2) is 50.4 Å². The minimum absolute atomic E-state index is 0.0126. The Balaban J connectivity index is 2.29. The van der Waals surface area contributed by atoms with Crippen molar-refractivity contribution < 1.29 is 14.6 Å². The van der Waals surface area contributed by atoms with Crippen LogP contribution in [0.1, 0.15) is 12.5 Å². The molecule has 2 unspecified atom stereocenters. The molecule has 1 aromatic carbocycles. The second-order valence-corrected chi connectivity index (χ2v) is 5.84. The number of aliphatic hydroxyl groups excluding tert-OH is 1. The van der Waals surface area contributed by atoms with Gasteiger partial charge in [-0.3, -0.25) is 0 Å². The molecule has 0 spiro atoms. The van der Waals surface area contributed by atoms with E-state index in [-0.39, 0.29) is 6.10 Å². The first-order valence-corrected chi connectivity index (χ1v) is 7.79. The second-order valence-electron chi connectivity index (χ2n) is 4.74. The molecule has 0 fully saturated rings. The normalized spacial score (nSPS) is 14.2. The molecule has 0 aliphatic carbocycles. The Morgan fingerprint density at radius 2 is 2.15 bits per heavy atom. The highest BCUT2D eigenvalue weighted by Gasteiger charge is 2.09. The van der Waals surface area contributed by atoms with Crippen LogP contribution in [0.2, 0.25) is 0 Å². The summed E-state index contributed by atoms with van der Waals surface area (Å²) in [5.74, 6) is 0.628. The number of benzene rings is 1. The van der Waals surface area contributed by atoms with E-state index in [4.69, 9.17) is 9.47 Å². The molecule has 0 radical (unpaired) electrons. The van der Waals surface area contributed by atoms with Gasteiger partial charge in [-0.25, -0.2) is 0 Å². The molecule has 4 nitrogen and oxygen atoms in total. The number of rotatable bonds is 10. The molecule has 0 aromatic heterocycles. The minimum atomic E-state index is -0.465. The van der Waals surface area contributed by atoms with Gasteiger partial charge in [0.15, 0.2) is 0 Å². The van der Waals surface area contributed by atoms with E-state index in [9.17, 15) is 5.11 Å². The lowest BCUT2D eigenvalue weighted by molar-refractivity contribution is -0.0257. The van der Waals surface area contributed by atoms with Gasteiger partial charge in [0.2, 0.25) is 0 Å². The Bertz CT molecular complexity index is 376. The number of thioether (sulfide) groups is 1. The molecule has 0 aliphatic rings. The summed E-state index contributed by atoms with van der Waals surface area (Å²) in [5.41, 5.74) is 1.25. The summed E-state index contributed by atoms with van der Waals surface area (Å²) >= 11 is 1.64. The van der Waals surface area contributed by atoms with Gasteiger partial charge in [-0.2, -0.15) is 0 Å². The van der Waals surface area contributed by atoms with Crippen LogP contribution < -0.4 is 5.32 Å². The van der Waals surface area contributed by atoms with Gasteiger partial charge in [0.1, 0.15) is 0 Å². The molecular formula is C15H25NO3S. The van der Waals surface area contributed by atoms with Crippen molar-refractivity contribution in [1.29, 1.82) is 0 Å². The van der Waals surface area contributed by atoms with E-state index >= 15 is 0 Å². The third-order valence-electron chi connectivity index (χ3n) is 2.70. The van der Waals surface area contributed by atoms with E-state index in [1.807, 2.05) is 20.0 Å². The summed E-state index contributed by atoms with van der Waals surface area (Å²) in [4.78, 5) is 1.17. The SMILES string of the molecule is CNCc1cccc(SCC(O)COC(C)COC)c1. The lowest BCUT2D eigenvalue weighted by Gasteiger charge is -2.15. The Morgan fingerprint density at radius 1 is 1.35 bits per heavy atom. The molecule has 20 heavy (non-hydrogen) atoms. The fourth-order valence-electron chi connectivity index (χ4n) is 1.75. The van der Waals surface area contributed by atoms with Crippen LogP contribution in [0, 0.1) is 0 Å². The summed E-state index contributed by atoms with van der Waals surface area (Å²) in [6.07, 6.45) is -0.453. The lowest BCUT2D eigenvalue weighted by Crippen LogP contribution is -2.24. The highest BCUT2D eigenvalue weighted by molar-refractivity contribution is 7.99. The zero-order chi connectivity index (χ0) is 14.8. The maximum Gasteiger partial charge on any atom is 0.0867 e. The quantitative estimate of drug-likeness (QED) is 0.646. The Morgan fingerprint density at radius 3 is 2.85 bits per heavy atom. The van der Waals surface area contributed by atoms with Crippen LogP contribution in [0.4, 0.5) is 0 Å². The van der Waals surface area contributed by atoms with E-state index in [1.165, 1.54) is 10.5 Å². The van der Waals surface area contributed by atoms with Crippen LogP contribution in [0.25, 0.3) is 0 Å². The number of nitrogens with one attached hydrogen (secondary N) is 1. The summed E-state index contributed by atoms with van der Waals surface area (Å²) in [6, 6.07) is 8.33. The monoisotopic (exact) mass is 299 g/mol. The zero-order valence-corrected chi connectivity index (χ0v) is 13.3. The molecule has 0 saturated carbocycles. The fraction of sp³-hybridized carbons (Fsp3) is 0.600. The van der Waals surface area contributed by atoms with Crippen molar-refractivity contribution in [3.05, 3.63) is 29.8 Å². The first-order chi connectivity index (χ1) is 9.65. The average molecular weight is 299 g/mol. The molecule has 114 valence electrons. The third-order valence-corrected chi connectivity index (χ3v) is 3.83. The van der Waals surface area contributed by atoms with Crippen molar-refractivity contribution >= 4 is 11.8 Å². The summed E-state index contributed by atoms with van der Waals surface area (Å²) in [5, 5.41) is 13.0. The van der Waals surface area contributed by atoms with Crippen molar-refractivity contribution in [1.82, 2.24) is 5.32 Å². The van der Waals surface area contributed by atoms with Crippen molar-refractivity contribution in [2.24, 2.45) is 0 Å². The number of hydrogen-bond donors (Lipinski definition) is 2. The number of aliphatic hydroxyl groups is 1. The summed E-state index contributed by atoms with van der Waals surface area (Å²) in [6.45, 7) is 3.68. The first kappa shape index (κ1) is 17.5. The van der Waals surface area contributed by atoms with Gasteiger partial charge >= 0.3 is 0 Å². The van der Waals surface area contributed by atoms with Crippen LogP contribution in [-0.2, 0) is 16.0 Å². The molecule has 0 saturated heterocycles. The summed E-state index contributed by atoms with van der Waals surface area (Å²) < 4.78 is 10.5. The van der Waals surface area contributed by atoms with Crippen molar-refractivity contribution in [3.63, 3.8) is 0 Å². The van der Waals surface area contributed by atoms with E-state index in [0.29, 0.717) is 19.0 Å². The Labute approximate surface area is 125 Å². The topological polar surface area (TPSA) is 50.7 Å². The zero-order valence-electron chi connectivity index (χ0n) is 12.5. The second kappa shape index (κ2) is 10.2. The predicted octanol–water partition coefficient (Wildman–Crippen LogP) is 1.91. The van der Waals surface area contributed by atoms with Gasteiger partial charge < -0.3 is 19.9 Å². The molecular weight excluding hydrogens is 274 g/mol. The van der Waals surface area contributed by atoms with Crippen molar-refractivity contribution in [2.45, 2.75) is 30.6 Å². The standard InChI is InChI=1S/C15H25NO3S/c1-12(9-18-3)19-10-14(17)11-20-15-6-4-5-13(7-15)8-16-2/h4-7,12,14,16-17H,8-11H2,1-3H3. The van der Waals surface area contributed by atoms with Gasteiger partial charge in [-0.1, -0.05) is 12.1 Å². The van der Waals surface area contributed by atoms with Crippen molar-refractivity contribution in [2.75, 3.05) is 33.1 Å². The van der Waals surface area contributed by atoms with E-state index in [0.717, 1.165) is 6.54 Å². The van der Waals surface area contributed by atoms with E-state index in [2.05, 4.69) is 23.5 Å². The molecule has 1 aromatic rings. The van der Waals surface area contributed by atoms with Gasteiger partial charge in [0.25, 0.3) is 0 Å². The predicted molar refractivity (Wildman–Crippen MR) is 83.2 cm³/mol. The minimum Gasteiger partial charge on any atom is -0.390 e. The molecule has 1 rings (SSSR count). The molecule has 2 atom stereocenters. The molecule has 0 aliphatic heterocycles. The van der Waals surface area contributed by atoms with Crippen molar-refractivity contribution in [3.8, 4) is 0 Å². The maximum absolute atomic E-state index is 9.90. The number of ether oxygens (including phenoxy) is 2. The number of methoxy groups -OCH3 is 1. The third kappa shape index (κ3) is 7.26. The smallest absolute Gasteiger partial charge is 0.0867 e. The van der Waals surface area contributed by atoms with Gasteiger partial charge in [0.05, 0.1) is 25.4 Å². The van der Waals surface area contributed by atoms with Gasteiger partial charge in [0, 0.05) is 24.3 Å². The molecule has 0 heterocycles. The van der Waals surface area contributed by atoms with Gasteiger partial charge in [-0.05, 0) is 31.7 Å². The summed E-state index contributed by atoms with van der Waals surface area (Å²) in [7, 11) is 3.58.